The van der Waals surface area contributed by atoms with Gasteiger partial charge in [0.2, 0.25) is 5.88 Å². The van der Waals surface area contributed by atoms with Crippen molar-refractivity contribution in [2.75, 3.05) is 6.61 Å². The van der Waals surface area contributed by atoms with Crippen LogP contribution < -0.4 is 9.47 Å². The summed E-state index contributed by atoms with van der Waals surface area (Å²) in [7, 11) is 1.99. The fourth-order valence-electron chi connectivity index (χ4n) is 2.63. The molecular weight excluding hydrogens is 318 g/mol. The first kappa shape index (κ1) is 15.2. The minimum absolute atomic E-state index is 0.289. The molecule has 0 aliphatic heterocycles. The monoisotopic (exact) mass is 335 g/mol. The molecule has 0 aliphatic rings. The van der Waals surface area contributed by atoms with Crippen molar-refractivity contribution in [2.24, 2.45) is 7.05 Å². The van der Waals surface area contributed by atoms with E-state index in [1.54, 1.807) is 24.8 Å². The Labute approximate surface area is 144 Å². The molecule has 0 radical (unpaired) electrons. The van der Waals surface area contributed by atoms with Crippen molar-refractivity contribution in [1.82, 2.24) is 24.1 Å². The van der Waals surface area contributed by atoms with Crippen LogP contribution in [0.5, 0.6) is 17.6 Å². The van der Waals surface area contributed by atoms with Gasteiger partial charge in [-0.1, -0.05) is 12.1 Å². The maximum absolute atomic E-state index is 5.96. The Morgan fingerprint density at radius 2 is 2.04 bits per heavy atom. The van der Waals surface area contributed by atoms with E-state index in [-0.39, 0.29) is 6.01 Å². The zero-order chi connectivity index (χ0) is 17.1. The van der Waals surface area contributed by atoms with Gasteiger partial charge in [0.1, 0.15) is 6.61 Å². The quantitative estimate of drug-likeness (QED) is 0.542. The molecule has 7 heteroatoms. The van der Waals surface area contributed by atoms with Crippen LogP contribution in [0.4, 0.5) is 0 Å². The number of imidazole rings is 1. The molecule has 0 aliphatic carbocycles. The summed E-state index contributed by atoms with van der Waals surface area (Å²) >= 11 is 0. The van der Waals surface area contributed by atoms with E-state index in [4.69, 9.17) is 9.47 Å². The van der Waals surface area contributed by atoms with Gasteiger partial charge < -0.3 is 18.6 Å². The standard InChI is InChI=1S/C18H17N5O2/c1-22-9-6-14-3-2-4-15(17(14)22)25-16-5-7-20-18(21-16)24-12-11-23-10-8-19-13-23/h2-10,13H,11-12H2,1H3. The molecule has 0 amide bonds. The highest BCUT2D eigenvalue weighted by Gasteiger charge is 2.08. The topological polar surface area (TPSA) is 67.0 Å². The second-order valence-corrected chi connectivity index (χ2v) is 5.55. The summed E-state index contributed by atoms with van der Waals surface area (Å²) in [5.74, 6) is 1.19. The minimum Gasteiger partial charge on any atom is -0.461 e. The first-order valence-electron chi connectivity index (χ1n) is 7.93. The minimum atomic E-state index is 0.289. The Morgan fingerprint density at radius 1 is 1.08 bits per heavy atom. The molecule has 126 valence electrons. The zero-order valence-electron chi connectivity index (χ0n) is 13.7. The predicted molar refractivity (Wildman–Crippen MR) is 92.7 cm³/mol. The molecule has 0 saturated heterocycles. The molecule has 7 nitrogen and oxygen atoms in total. The molecule has 0 atom stereocenters. The van der Waals surface area contributed by atoms with E-state index in [9.17, 15) is 0 Å². The highest BCUT2D eigenvalue weighted by molar-refractivity contribution is 5.86. The van der Waals surface area contributed by atoms with Gasteiger partial charge in [-0.2, -0.15) is 4.98 Å². The smallest absolute Gasteiger partial charge is 0.319 e. The van der Waals surface area contributed by atoms with E-state index < -0.39 is 0 Å². The summed E-state index contributed by atoms with van der Waals surface area (Å²) in [5.41, 5.74) is 1.02. The van der Waals surface area contributed by atoms with Crippen molar-refractivity contribution in [1.29, 1.82) is 0 Å². The average Bonchev–Trinajstić information content (AvgIpc) is 3.26. The van der Waals surface area contributed by atoms with Gasteiger partial charge in [0.05, 0.1) is 18.4 Å². The van der Waals surface area contributed by atoms with Crippen LogP contribution in [0.3, 0.4) is 0 Å². The molecule has 4 aromatic rings. The number of nitrogens with zero attached hydrogens (tertiary/aromatic N) is 5. The largest absolute Gasteiger partial charge is 0.461 e. The van der Waals surface area contributed by atoms with Crippen LogP contribution in [-0.2, 0) is 13.6 Å². The van der Waals surface area contributed by atoms with Crippen LogP contribution in [0.1, 0.15) is 0 Å². The average molecular weight is 335 g/mol. The number of fused-ring (bicyclic) bond motifs is 1. The number of hydrogen-bond donors (Lipinski definition) is 0. The van der Waals surface area contributed by atoms with Crippen molar-refractivity contribution in [3.05, 3.63) is 61.4 Å². The Kier molecular flexibility index (Phi) is 4.04. The second-order valence-electron chi connectivity index (χ2n) is 5.55. The van der Waals surface area contributed by atoms with Crippen molar-refractivity contribution in [3.63, 3.8) is 0 Å². The van der Waals surface area contributed by atoms with Gasteiger partial charge in [-0.05, 0) is 12.1 Å². The van der Waals surface area contributed by atoms with Gasteiger partial charge in [0, 0.05) is 43.3 Å². The molecule has 0 saturated carbocycles. The maximum Gasteiger partial charge on any atom is 0.319 e. The van der Waals surface area contributed by atoms with E-state index in [2.05, 4.69) is 15.0 Å². The third kappa shape index (κ3) is 3.30. The van der Waals surface area contributed by atoms with Gasteiger partial charge in [0.25, 0.3) is 0 Å². The van der Waals surface area contributed by atoms with Crippen LogP contribution >= 0.6 is 0 Å². The summed E-state index contributed by atoms with van der Waals surface area (Å²) in [6.45, 7) is 1.13. The number of hydrogen-bond acceptors (Lipinski definition) is 5. The van der Waals surface area contributed by atoms with Gasteiger partial charge >= 0.3 is 6.01 Å². The molecule has 0 unspecified atom stereocenters. The van der Waals surface area contributed by atoms with Crippen molar-refractivity contribution in [3.8, 4) is 17.6 Å². The molecule has 0 spiro atoms. The number of benzene rings is 1. The predicted octanol–water partition coefficient (Wildman–Crippen LogP) is 3.04. The highest BCUT2D eigenvalue weighted by Crippen LogP contribution is 2.29. The van der Waals surface area contributed by atoms with Gasteiger partial charge in [-0.25, -0.2) is 9.97 Å². The van der Waals surface area contributed by atoms with E-state index in [1.165, 1.54) is 0 Å². The number of rotatable bonds is 6. The third-order valence-electron chi connectivity index (χ3n) is 3.82. The Morgan fingerprint density at radius 3 is 2.92 bits per heavy atom. The highest BCUT2D eigenvalue weighted by atomic mass is 16.5. The SMILES string of the molecule is Cn1ccc2cccc(Oc3ccnc(OCCn4ccnc4)n3)c21. The molecule has 0 bridgehead atoms. The molecule has 1 aromatic carbocycles. The number of ether oxygens (including phenoxy) is 2. The van der Waals surface area contributed by atoms with Crippen molar-refractivity contribution in [2.45, 2.75) is 6.54 Å². The second kappa shape index (κ2) is 6.64. The van der Waals surface area contributed by atoms with Gasteiger partial charge in [-0.3, -0.25) is 0 Å². The normalized spacial score (nSPS) is 10.9. The first-order valence-corrected chi connectivity index (χ1v) is 7.93. The van der Waals surface area contributed by atoms with Crippen LogP contribution in [0.25, 0.3) is 10.9 Å². The van der Waals surface area contributed by atoms with E-state index in [0.29, 0.717) is 19.0 Å². The summed E-state index contributed by atoms with van der Waals surface area (Å²) in [6.07, 6.45) is 8.98. The van der Waals surface area contributed by atoms with Crippen LogP contribution in [0, 0.1) is 0 Å². The molecule has 0 N–H and O–H groups in total. The molecule has 0 fully saturated rings. The Bertz CT molecular complexity index is 978. The lowest BCUT2D eigenvalue weighted by atomic mass is 10.2. The van der Waals surface area contributed by atoms with Gasteiger partial charge in [0.15, 0.2) is 5.75 Å². The van der Waals surface area contributed by atoms with Crippen molar-refractivity contribution < 1.29 is 9.47 Å². The van der Waals surface area contributed by atoms with Crippen LogP contribution in [-0.4, -0.2) is 30.7 Å². The molecule has 3 aromatic heterocycles. The summed E-state index contributed by atoms with van der Waals surface area (Å²) in [4.78, 5) is 12.4. The molecule has 4 rings (SSSR count). The summed E-state index contributed by atoms with van der Waals surface area (Å²) < 4.78 is 15.5. The number of aromatic nitrogens is 5. The van der Waals surface area contributed by atoms with Crippen LogP contribution in [0.15, 0.2) is 61.4 Å². The third-order valence-corrected chi connectivity index (χ3v) is 3.82. The Hall–Kier alpha value is -3.35. The van der Waals surface area contributed by atoms with E-state index in [0.717, 1.165) is 16.7 Å². The van der Waals surface area contributed by atoms with E-state index in [1.807, 2.05) is 52.8 Å². The maximum atomic E-state index is 5.96. The lowest BCUT2D eigenvalue weighted by Gasteiger charge is -2.09. The molecule has 25 heavy (non-hydrogen) atoms. The summed E-state index contributed by atoms with van der Waals surface area (Å²) in [6, 6.07) is 9.98. The van der Waals surface area contributed by atoms with Gasteiger partial charge in [-0.15, -0.1) is 0 Å². The number of para-hydroxylation sites is 1. The zero-order valence-corrected chi connectivity index (χ0v) is 13.7. The molecular formula is C18H17N5O2. The lowest BCUT2D eigenvalue weighted by molar-refractivity contribution is 0.272. The van der Waals surface area contributed by atoms with Crippen LogP contribution in [0.2, 0.25) is 0 Å². The summed E-state index contributed by atoms with van der Waals surface area (Å²) in [5, 5.41) is 1.12. The number of aryl methyl sites for hydroxylation is 1. The molecule has 3 heterocycles. The first-order chi connectivity index (χ1) is 12.3. The van der Waals surface area contributed by atoms with Crippen molar-refractivity contribution >= 4 is 10.9 Å². The fourth-order valence-corrected chi connectivity index (χ4v) is 2.63. The fraction of sp³-hybridized carbons (Fsp3) is 0.167. The van der Waals surface area contributed by atoms with E-state index >= 15 is 0 Å². The Balaban J connectivity index is 1.48. The lowest BCUT2D eigenvalue weighted by Crippen LogP contribution is -2.08.